The molecule has 1 aromatic heterocycles. The monoisotopic (exact) mass is 473 g/mol. The molecule has 3 heterocycles. The molecule has 0 spiro atoms. The highest BCUT2D eigenvalue weighted by Crippen LogP contribution is 2.38. The third-order valence-corrected chi connectivity index (χ3v) is 8.41. The highest BCUT2D eigenvalue weighted by atomic mass is 35.5. The normalized spacial score (nSPS) is 23.1. The van der Waals surface area contributed by atoms with Gasteiger partial charge in [0, 0.05) is 11.6 Å². The Kier molecular flexibility index (Phi) is 5.35. The van der Waals surface area contributed by atoms with Crippen LogP contribution < -0.4 is 0 Å². The summed E-state index contributed by atoms with van der Waals surface area (Å²) in [5, 5.41) is 0.809. The van der Waals surface area contributed by atoms with E-state index in [-0.39, 0.29) is 17.4 Å². The summed E-state index contributed by atoms with van der Waals surface area (Å²) >= 11 is 18.7. The molecule has 10 heteroatoms. The van der Waals surface area contributed by atoms with Crippen LogP contribution in [0.15, 0.2) is 39.7 Å². The summed E-state index contributed by atoms with van der Waals surface area (Å²) in [6, 6.07) is 8.31. The fourth-order valence-corrected chi connectivity index (χ4v) is 6.65. The first-order valence-electron chi connectivity index (χ1n) is 8.27. The molecule has 2 aliphatic heterocycles. The lowest BCUT2D eigenvalue weighted by Gasteiger charge is -2.20. The van der Waals surface area contributed by atoms with Gasteiger partial charge in [-0.2, -0.15) is 0 Å². The first-order valence-corrected chi connectivity index (χ1v) is 12.1. The van der Waals surface area contributed by atoms with E-state index in [1.807, 2.05) is 0 Å². The van der Waals surface area contributed by atoms with Gasteiger partial charge in [0.15, 0.2) is 9.84 Å². The number of amides is 1. The number of carbonyl (C=O) groups is 1. The first kappa shape index (κ1) is 20.0. The third-order valence-electron chi connectivity index (χ3n) is 4.51. The number of halogens is 2. The number of nitrogens with zero attached hydrogens (tertiary/aromatic N) is 1. The summed E-state index contributed by atoms with van der Waals surface area (Å²) in [6.45, 7) is 0. The van der Waals surface area contributed by atoms with Gasteiger partial charge in [0.25, 0.3) is 5.91 Å². The molecule has 2 aromatic rings. The second-order valence-electron chi connectivity index (χ2n) is 6.41. The van der Waals surface area contributed by atoms with Crippen LogP contribution in [0.2, 0.25) is 10.0 Å². The van der Waals surface area contributed by atoms with Crippen molar-refractivity contribution in [1.82, 2.24) is 4.90 Å². The highest BCUT2D eigenvalue weighted by Gasteiger charge is 2.42. The average Bonchev–Trinajstić information content (AvgIpc) is 3.29. The Hall–Kier alpha value is -1.32. The van der Waals surface area contributed by atoms with E-state index in [9.17, 15) is 13.2 Å². The van der Waals surface area contributed by atoms with E-state index in [2.05, 4.69) is 0 Å². The number of benzene rings is 1. The molecular formula is C18H13Cl2NO4S3. The van der Waals surface area contributed by atoms with Crippen molar-refractivity contribution in [2.24, 2.45) is 0 Å². The van der Waals surface area contributed by atoms with Gasteiger partial charge >= 0.3 is 0 Å². The van der Waals surface area contributed by atoms with E-state index in [1.165, 1.54) is 4.90 Å². The largest absolute Gasteiger partial charge is 0.457 e. The molecule has 28 heavy (non-hydrogen) atoms. The van der Waals surface area contributed by atoms with Crippen LogP contribution in [0.4, 0.5) is 0 Å². The maximum atomic E-state index is 12.8. The molecular weight excluding hydrogens is 461 g/mol. The molecule has 2 fully saturated rings. The number of carbonyl (C=O) groups excluding carboxylic acids is 1. The van der Waals surface area contributed by atoms with Crippen LogP contribution in [-0.4, -0.2) is 41.1 Å². The number of hydrogen-bond donors (Lipinski definition) is 0. The number of hydrogen-bond acceptors (Lipinski definition) is 6. The Balaban J connectivity index is 1.59. The van der Waals surface area contributed by atoms with Gasteiger partial charge < -0.3 is 4.42 Å². The quantitative estimate of drug-likeness (QED) is 0.477. The molecule has 0 saturated carbocycles. The van der Waals surface area contributed by atoms with Crippen LogP contribution in [0.5, 0.6) is 0 Å². The number of furan rings is 1. The van der Waals surface area contributed by atoms with E-state index in [0.29, 0.717) is 42.8 Å². The predicted molar refractivity (Wildman–Crippen MR) is 116 cm³/mol. The standard InChI is InChI=1S/C18H13Cl2NO4S3/c19-13-3-1-2-12(16(13)20)14-5-4-11(25-14)8-15-17(22)21(18(26)27-15)10-6-7-28(23,24)9-10/h1-5,8,10H,6-7,9H2/b15-8-. The molecule has 4 rings (SSSR count). The van der Waals surface area contributed by atoms with Gasteiger partial charge in [-0.05, 0) is 30.7 Å². The number of thioether (sulfide) groups is 1. The zero-order valence-corrected chi connectivity index (χ0v) is 18.2. The smallest absolute Gasteiger partial charge is 0.266 e. The molecule has 1 aromatic carbocycles. The van der Waals surface area contributed by atoms with Crippen LogP contribution >= 0.6 is 47.2 Å². The van der Waals surface area contributed by atoms with Crippen molar-refractivity contribution >= 4 is 73.3 Å². The van der Waals surface area contributed by atoms with E-state index in [0.717, 1.165) is 11.8 Å². The fraction of sp³-hybridized carbons (Fsp3) is 0.222. The van der Waals surface area contributed by atoms with Crippen molar-refractivity contribution in [2.45, 2.75) is 12.5 Å². The topological polar surface area (TPSA) is 67.6 Å². The van der Waals surface area contributed by atoms with Gasteiger partial charge in [-0.1, -0.05) is 53.2 Å². The van der Waals surface area contributed by atoms with Crippen LogP contribution in [0.25, 0.3) is 17.4 Å². The van der Waals surface area contributed by atoms with Crippen molar-refractivity contribution < 1.29 is 17.6 Å². The zero-order chi connectivity index (χ0) is 20.1. The molecule has 1 unspecified atom stereocenters. The maximum Gasteiger partial charge on any atom is 0.266 e. The maximum absolute atomic E-state index is 12.8. The lowest BCUT2D eigenvalue weighted by atomic mass is 10.2. The minimum absolute atomic E-state index is 0.0507. The molecule has 0 bridgehead atoms. The minimum Gasteiger partial charge on any atom is -0.457 e. The second kappa shape index (κ2) is 7.50. The summed E-state index contributed by atoms with van der Waals surface area (Å²) in [5.74, 6) is 0.721. The molecule has 0 N–H and O–H groups in total. The van der Waals surface area contributed by atoms with Crippen LogP contribution in [-0.2, 0) is 14.6 Å². The van der Waals surface area contributed by atoms with Crippen LogP contribution in [0, 0.1) is 0 Å². The lowest BCUT2D eigenvalue weighted by Crippen LogP contribution is -2.39. The Labute approximate surface area is 181 Å². The van der Waals surface area contributed by atoms with Crippen molar-refractivity contribution in [2.75, 3.05) is 11.5 Å². The lowest BCUT2D eigenvalue weighted by molar-refractivity contribution is -0.123. The van der Waals surface area contributed by atoms with E-state index in [4.69, 9.17) is 39.8 Å². The van der Waals surface area contributed by atoms with E-state index < -0.39 is 15.9 Å². The zero-order valence-electron chi connectivity index (χ0n) is 14.2. The number of thiocarbonyl (C=S) groups is 1. The summed E-state index contributed by atoms with van der Waals surface area (Å²) < 4.78 is 29.6. The molecule has 5 nitrogen and oxygen atoms in total. The molecule has 2 aliphatic rings. The number of rotatable bonds is 3. The van der Waals surface area contributed by atoms with Gasteiger partial charge in [-0.3, -0.25) is 9.69 Å². The summed E-state index contributed by atoms with van der Waals surface area (Å²) in [7, 11) is -3.12. The van der Waals surface area contributed by atoms with Crippen LogP contribution in [0.3, 0.4) is 0 Å². The molecule has 1 atom stereocenters. The highest BCUT2D eigenvalue weighted by molar-refractivity contribution is 8.26. The van der Waals surface area contributed by atoms with Gasteiger partial charge in [-0.15, -0.1) is 0 Å². The predicted octanol–water partition coefficient (Wildman–Crippen LogP) is 4.64. The molecule has 1 amide bonds. The summed E-state index contributed by atoms with van der Waals surface area (Å²) in [5.41, 5.74) is 0.650. The van der Waals surface area contributed by atoms with Crippen molar-refractivity contribution in [3.63, 3.8) is 0 Å². The molecule has 2 saturated heterocycles. The average molecular weight is 474 g/mol. The van der Waals surface area contributed by atoms with Crippen molar-refractivity contribution in [3.8, 4) is 11.3 Å². The Morgan fingerprint density at radius 3 is 2.75 bits per heavy atom. The van der Waals surface area contributed by atoms with Gasteiger partial charge in [-0.25, -0.2) is 8.42 Å². The van der Waals surface area contributed by atoms with Crippen molar-refractivity contribution in [3.05, 3.63) is 51.0 Å². The molecule has 0 radical (unpaired) electrons. The molecule has 146 valence electrons. The Morgan fingerprint density at radius 1 is 1.25 bits per heavy atom. The molecule has 0 aliphatic carbocycles. The van der Waals surface area contributed by atoms with Gasteiger partial charge in [0.2, 0.25) is 0 Å². The summed E-state index contributed by atoms with van der Waals surface area (Å²) in [4.78, 5) is 14.6. The van der Waals surface area contributed by atoms with Gasteiger partial charge in [0.05, 0.1) is 32.5 Å². The minimum atomic E-state index is -3.12. The fourth-order valence-electron chi connectivity index (χ4n) is 3.17. The first-order chi connectivity index (χ1) is 13.2. The third kappa shape index (κ3) is 3.76. The van der Waals surface area contributed by atoms with Gasteiger partial charge in [0.1, 0.15) is 15.8 Å². The Bertz CT molecular complexity index is 1120. The second-order valence-corrected chi connectivity index (χ2v) is 11.1. The van der Waals surface area contributed by atoms with Crippen LogP contribution in [0.1, 0.15) is 12.2 Å². The number of sulfone groups is 1. The van der Waals surface area contributed by atoms with Crippen molar-refractivity contribution in [1.29, 1.82) is 0 Å². The Morgan fingerprint density at radius 2 is 2.04 bits per heavy atom. The SMILES string of the molecule is O=C1/C(=C/c2ccc(-c3cccc(Cl)c3Cl)o2)SC(=S)N1C1CCS(=O)(=O)C1. The summed E-state index contributed by atoms with van der Waals surface area (Å²) in [6.07, 6.45) is 2.00. The van der Waals surface area contributed by atoms with E-state index in [1.54, 1.807) is 36.4 Å². The van der Waals surface area contributed by atoms with E-state index >= 15 is 0 Å².